The minimum absolute atomic E-state index is 0.149. The van der Waals surface area contributed by atoms with Crippen molar-refractivity contribution in [2.75, 3.05) is 10.2 Å². The molecule has 0 radical (unpaired) electrons. The van der Waals surface area contributed by atoms with Gasteiger partial charge in [-0.05, 0) is 48.0 Å². The van der Waals surface area contributed by atoms with E-state index in [4.69, 9.17) is 0 Å². The van der Waals surface area contributed by atoms with Gasteiger partial charge in [-0.25, -0.2) is 4.39 Å². The van der Waals surface area contributed by atoms with E-state index in [2.05, 4.69) is 26.2 Å². The zero-order valence-corrected chi connectivity index (χ0v) is 14.6. The van der Waals surface area contributed by atoms with Crippen LogP contribution in [0.25, 0.3) is 0 Å². The van der Waals surface area contributed by atoms with Crippen LogP contribution in [0, 0.1) is 5.82 Å². The zero-order chi connectivity index (χ0) is 17.4. The van der Waals surface area contributed by atoms with Gasteiger partial charge in [0, 0.05) is 33.9 Å². The molecule has 1 aliphatic rings. The van der Waals surface area contributed by atoms with E-state index in [9.17, 15) is 9.18 Å². The van der Waals surface area contributed by atoms with Crippen molar-refractivity contribution in [2.45, 2.75) is 6.54 Å². The minimum Gasteiger partial charge on any atom is -0.355 e. The smallest absolute Gasteiger partial charge is 0.261 e. The van der Waals surface area contributed by atoms with E-state index in [0.717, 1.165) is 17.1 Å². The normalized spacial score (nSPS) is 13.0. The molecule has 25 heavy (non-hydrogen) atoms. The number of aromatic nitrogens is 1. The maximum Gasteiger partial charge on any atom is 0.261 e. The van der Waals surface area contributed by atoms with Crippen molar-refractivity contribution in [2.24, 2.45) is 0 Å². The lowest BCUT2D eigenvalue weighted by Gasteiger charge is -2.17. The Morgan fingerprint density at radius 1 is 1.08 bits per heavy atom. The Hall–Kier alpha value is -2.73. The quantitative estimate of drug-likeness (QED) is 0.684. The van der Waals surface area contributed by atoms with Gasteiger partial charge in [-0.1, -0.05) is 22.0 Å². The molecule has 4 rings (SSSR count). The molecular formula is C19H13BrFN3O. The third-order valence-corrected chi connectivity index (χ3v) is 4.51. The molecule has 6 heteroatoms. The van der Waals surface area contributed by atoms with Crippen LogP contribution in [0.1, 0.15) is 15.9 Å². The summed E-state index contributed by atoms with van der Waals surface area (Å²) < 4.78 is 14.8. The van der Waals surface area contributed by atoms with E-state index in [1.165, 1.54) is 6.07 Å². The van der Waals surface area contributed by atoms with Crippen LogP contribution in [0.4, 0.5) is 21.5 Å². The molecule has 0 spiro atoms. The number of fused-ring (bicyclic) bond motifs is 1. The van der Waals surface area contributed by atoms with Gasteiger partial charge in [0.1, 0.15) is 5.82 Å². The summed E-state index contributed by atoms with van der Waals surface area (Å²) in [6.07, 6.45) is 3.40. The Bertz CT molecular complexity index is 962. The molecule has 0 atom stereocenters. The highest BCUT2D eigenvalue weighted by Crippen LogP contribution is 2.33. The van der Waals surface area contributed by atoms with Gasteiger partial charge in [0.25, 0.3) is 5.91 Å². The summed E-state index contributed by atoms with van der Waals surface area (Å²) in [5, 5.41) is 3.26. The van der Waals surface area contributed by atoms with Crippen LogP contribution in [-0.2, 0) is 6.54 Å². The molecule has 1 aliphatic heterocycles. The van der Waals surface area contributed by atoms with E-state index in [1.54, 1.807) is 23.4 Å². The molecule has 2 aromatic carbocycles. The van der Waals surface area contributed by atoms with Gasteiger partial charge >= 0.3 is 0 Å². The minimum atomic E-state index is -0.497. The summed E-state index contributed by atoms with van der Waals surface area (Å²) >= 11 is 3.28. The summed E-state index contributed by atoms with van der Waals surface area (Å²) in [7, 11) is 0. The van der Waals surface area contributed by atoms with Crippen LogP contribution in [0.2, 0.25) is 0 Å². The highest BCUT2D eigenvalue weighted by Gasteiger charge is 2.31. The largest absolute Gasteiger partial charge is 0.355 e. The first-order chi connectivity index (χ1) is 12.1. The summed E-state index contributed by atoms with van der Waals surface area (Å²) in [5.74, 6) is -0.816. The Morgan fingerprint density at radius 2 is 1.88 bits per heavy atom. The van der Waals surface area contributed by atoms with Gasteiger partial charge in [0.05, 0.1) is 12.1 Å². The number of nitrogens with one attached hydrogen (secondary N) is 1. The maximum atomic E-state index is 14.2. The standard InChI is InChI=1S/C19H13BrFN3O/c20-13-8-12-11-24(19(25)18(12)17(21)9-13)16-3-1-2-15(10-16)23-14-4-6-22-7-5-14/h1-10H,11H2,(H,22,23). The van der Waals surface area contributed by atoms with Crippen LogP contribution in [0.15, 0.2) is 65.4 Å². The number of carbonyl (C=O) groups is 1. The lowest BCUT2D eigenvalue weighted by atomic mass is 10.1. The van der Waals surface area contributed by atoms with Gasteiger partial charge in [-0.3, -0.25) is 9.78 Å². The SMILES string of the molecule is O=C1c2c(F)cc(Br)cc2CN1c1cccc(Nc2ccncc2)c1. The highest BCUT2D eigenvalue weighted by atomic mass is 79.9. The van der Waals surface area contributed by atoms with Crippen LogP contribution in [-0.4, -0.2) is 10.9 Å². The number of carbonyl (C=O) groups excluding carboxylic acids is 1. The molecule has 124 valence electrons. The lowest BCUT2D eigenvalue weighted by molar-refractivity contribution is 0.0993. The molecule has 1 N–H and O–H groups in total. The van der Waals surface area contributed by atoms with Crippen molar-refractivity contribution in [3.05, 3.63) is 82.3 Å². The molecule has 0 bridgehead atoms. The number of hydrogen-bond acceptors (Lipinski definition) is 3. The topological polar surface area (TPSA) is 45.2 Å². The first-order valence-corrected chi connectivity index (χ1v) is 8.48. The predicted molar refractivity (Wildman–Crippen MR) is 98.6 cm³/mol. The van der Waals surface area contributed by atoms with Gasteiger partial charge < -0.3 is 10.2 Å². The molecule has 1 aromatic heterocycles. The fraction of sp³-hybridized carbons (Fsp3) is 0.0526. The van der Waals surface area contributed by atoms with Gasteiger partial charge in [-0.15, -0.1) is 0 Å². The van der Waals surface area contributed by atoms with Gasteiger partial charge in [-0.2, -0.15) is 0 Å². The first kappa shape index (κ1) is 15.8. The Balaban J connectivity index is 1.64. The number of rotatable bonds is 3. The second kappa shape index (κ2) is 6.29. The van der Waals surface area contributed by atoms with Crippen LogP contribution >= 0.6 is 15.9 Å². The fourth-order valence-electron chi connectivity index (χ4n) is 2.93. The number of anilines is 3. The van der Waals surface area contributed by atoms with E-state index in [-0.39, 0.29) is 11.5 Å². The van der Waals surface area contributed by atoms with Crippen LogP contribution in [0.3, 0.4) is 0 Å². The molecule has 0 aliphatic carbocycles. The second-order valence-electron chi connectivity index (χ2n) is 5.72. The van der Waals surface area contributed by atoms with Crippen molar-refractivity contribution in [3.8, 4) is 0 Å². The average Bonchev–Trinajstić information content (AvgIpc) is 2.93. The number of halogens is 2. The highest BCUT2D eigenvalue weighted by molar-refractivity contribution is 9.10. The van der Waals surface area contributed by atoms with Crippen molar-refractivity contribution >= 4 is 38.9 Å². The lowest BCUT2D eigenvalue weighted by Crippen LogP contribution is -2.23. The van der Waals surface area contributed by atoms with Gasteiger partial charge in [0.15, 0.2) is 0 Å². The Labute approximate surface area is 152 Å². The predicted octanol–water partition coefficient (Wildman–Crippen LogP) is 4.89. The third kappa shape index (κ3) is 3.00. The third-order valence-electron chi connectivity index (χ3n) is 4.05. The summed E-state index contributed by atoms with van der Waals surface area (Å²) in [4.78, 5) is 18.2. The molecule has 4 nitrogen and oxygen atoms in total. The molecular weight excluding hydrogens is 385 g/mol. The Kier molecular flexibility index (Phi) is 3.97. The van der Waals surface area contributed by atoms with E-state index in [0.29, 0.717) is 16.6 Å². The van der Waals surface area contributed by atoms with E-state index in [1.807, 2.05) is 36.4 Å². The maximum absolute atomic E-state index is 14.2. The average molecular weight is 398 g/mol. The summed E-state index contributed by atoms with van der Waals surface area (Å²) in [6.45, 7) is 0.350. The number of hydrogen-bond donors (Lipinski definition) is 1. The number of benzene rings is 2. The molecule has 2 heterocycles. The van der Waals surface area contributed by atoms with Crippen LogP contribution < -0.4 is 10.2 Å². The van der Waals surface area contributed by atoms with Crippen molar-refractivity contribution in [3.63, 3.8) is 0 Å². The molecule has 1 amide bonds. The number of nitrogens with zero attached hydrogens (tertiary/aromatic N) is 2. The molecule has 0 unspecified atom stereocenters. The molecule has 0 fully saturated rings. The van der Waals surface area contributed by atoms with E-state index < -0.39 is 5.82 Å². The first-order valence-electron chi connectivity index (χ1n) is 7.69. The second-order valence-corrected chi connectivity index (χ2v) is 6.64. The van der Waals surface area contributed by atoms with Crippen LogP contribution in [0.5, 0.6) is 0 Å². The fourth-order valence-corrected chi connectivity index (χ4v) is 3.41. The Morgan fingerprint density at radius 3 is 2.68 bits per heavy atom. The summed E-state index contributed by atoms with van der Waals surface area (Å²) in [5.41, 5.74) is 3.29. The number of amides is 1. The molecule has 0 saturated carbocycles. The van der Waals surface area contributed by atoms with Crippen molar-refractivity contribution in [1.29, 1.82) is 0 Å². The summed E-state index contributed by atoms with van der Waals surface area (Å²) in [6, 6.07) is 14.3. The van der Waals surface area contributed by atoms with Crippen molar-refractivity contribution < 1.29 is 9.18 Å². The molecule has 3 aromatic rings. The molecule has 0 saturated heterocycles. The monoisotopic (exact) mass is 397 g/mol. The van der Waals surface area contributed by atoms with E-state index >= 15 is 0 Å². The number of pyridine rings is 1. The van der Waals surface area contributed by atoms with Gasteiger partial charge in [0.2, 0.25) is 0 Å². The zero-order valence-electron chi connectivity index (χ0n) is 13.0. The van der Waals surface area contributed by atoms with Crippen molar-refractivity contribution in [1.82, 2.24) is 4.98 Å².